The Balaban J connectivity index is 2.10. The van der Waals surface area contributed by atoms with Crippen LogP contribution >= 0.6 is 22.7 Å². The molecule has 6 heteroatoms. The number of hydrogen-bond donors (Lipinski definition) is 0. The Morgan fingerprint density at radius 2 is 2.24 bits per heavy atom. The van der Waals surface area contributed by atoms with Gasteiger partial charge in [0.2, 0.25) is 5.78 Å². The molecule has 0 radical (unpaired) electrons. The number of furan rings is 1. The van der Waals surface area contributed by atoms with E-state index in [1.54, 1.807) is 30.5 Å². The van der Waals surface area contributed by atoms with Crippen molar-refractivity contribution in [1.82, 2.24) is 4.57 Å². The van der Waals surface area contributed by atoms with Gasteiger partial charge in [0.25, 0.3) is 5.56 Å². The van der Waals surface area contributed by atoms with E-state index in [0.29, 0.717) is 9.20 Å². The Labute approximate surface area is 127 Å². The minimum atomic E-state index is -0.251. The molecule has 3 heterocycles. The largest absolute Gasteiger partial charge is 0.461 e. The smallest absolute Gasteiger partial charge is 0.268 e. The molecule has 21 heavy (non-hydrogen) atoms. The molecular weight excluding hydrogens is 306 g/mol. The molecule has 0 aliphatic rings. The van der Waals surface area contributed by atoms with Crippen LogP contribution in [0.4, 0.5) is 0 Å². The van der Waals surface area contributed by atoms with Crippen molar-refractivity contribution in [3.05, 3.63) is 66.1 Å². The minimum Gasteiger partial charge on any atom is -0.461 e. The van der Waals surface area contributed by atoms with E-state index >= 15 is 0 Å². The van der Waals surface area contributed by atoms with Crippen molar-refractivity contribution in [1.29, 1.82) is 0 Å². The van der Waals surface area contributed by atoms with E-state index in [2.05, 4.69) is 0 Å². The van der Waals surface area contributed by atoms with Crippen LogP contribution in [-0.4, -0.2) is 10.4 Å². The third-order valence-electron chi connectivity index (χ3n) is 2.92. The van der Waals surface area contributed by atoms with Crippen LogP contribution in [-0.2, 0) is 7.05 Å². The van der Waals surface area contributed by atoms with Gasteiger partial charge in [0, 0.05) is 13.1 Å². The van der Waals surface area contributed by atoms with Gasteiger partial charge in [0.15, 0.2) is 5.76 Å². The van der Waals surface area contributed by atoms with Gasteiger partial charge in [-0.05, 0) is 40.6 Å². The van der Waals surface area contributed by atoms with Gasteiger partial charge in [0.1, 0.15) is 4.66 Å². The molecule has 0 saturated carbocycles. The van der Waals surface area contributed by atoms with E-state index in [1.807, 2.05) is 22.9 Å². The highest BCUT2D eigenvalue weighted by Gasteiger charge is 2.07. The van der Waals surface area contributed by atoms with E-state index in [9.17, 15) is 9.59 Å². The predicted molar refractivity (Wildman–Crippen MR) is 84.2 cm³/mol. The summed E-state index contributed by atoms with van der Waals surface area (Å²) in [4.78, 5) is 24.2. The molecule has 0 aromatic carbocycles. The Bertz CT molecular complexity index is 928. The zero-order chi connectivity index (χ0) is 14.8. The van der Waals surface area contributed by atoms with Crippen molar-refractivity contribution >= 4 is 40.6 Å². The van der Waals surface area contributed by atoms with Crippen LogP contribution in [0.2, 0.25) is 0 Å². The molecule has 0 N–H and O–H groups in total. The predicted octanol–water partition coefficient (Wildman–Crippen LogP) is 1.59. The molecular formula is C15H11NO3S2. The van der Waals surface area contributed by atoms with Crippen LogP contribution in [0.15, 0.2) is 44.4 Å². The lowest BCUT2D eigenvalue weighted by Gasteiger charge is -1.89. The second-order valence-electron chi connectivity index (χ2n) is 4.36. The number of nitrogens with zero attached hydrogens (tertiary/aromatic N) is 1. The highest BCUT2D eigenvalue weighted by Crippen LogP contribution is 2.06. The van der Waals surface area contributed by atoms with E-state index in [4.69, 9.17) is 4.42 Å². The highest BCUT2D eigenvalue weighted by molar-refractivity contribution is 7.08. The standard InChI is InChI=1S/C15H11NO3S2/c1-16-14(8-11(17)12-3-2-5-19-12)21-13(15(16)18)7-10-4-6-20-9-10/h2-9H,1H3/b13-7-,14-8-. The van der Waals surface area contributed by atoms with Crippen LogP contribution < -0.4 is 14.8 Å². The van der Waals surface area contributed by atoms with E-state index in [0.717, 1.165) is 5.56 Å². The third-order valence-corrected chi connectivity index (χ3v) is 4.73. The molecule has 0 atom stereocenters. The third kappa shape index (κ3) is 2.81. The maximum Gasteiger partial charge on any atom is 0.268 e. The first kappa shape index (κ1) is 13.8. The zero-order valence-electron chi connectivity index (χ0n) is 11.1. The summed E-state index contributed by atoms with van der Waals surface area (Å²) in [5.74, 6) is 0.0122. The Kier molecular flexibility index (Phi) is 3.72. The summed E-state index contributed by atoms with van der Waals surface area (Å²) < 4.78 is 7.74. The number of carbonyl (C=O) groups excluding carboxylic acids is 1. The number of rotatable bonds is 3. The summed E-state index contributed by atoms with van der Waals surface area (Å²) in [6, 6.07) is 5.20. The molecule has 0 unspecified atom stereocenters. The van der Waals surface area contributed by atoms with Crippen molar-refractivity contribution in [2.24, 2.45) is 7.05 Å². The lowest BCUT2D eigenvalue weighted by atomic mass is 10.3. The molecule has 3 aromatic rings. The Hall–Kier alpha value is -2.18. The molecule has 0 saturated heterocycles. The number of carbonyl (C=O) groups is 1. The highest BCUT2D eigenvalue weighted by atomic mass is 32.1. The average molecular weight is 317 g/mol. The fourth-order valence-corrected chi connectivity index (χ4v) is 3.47. The summed E-state index contributed by atoms with van der Waals surface area (Å²) in [6.07, 6.45) is 4.71. The lowest BCUT2D eigenvalue weighted by molar-refractivity contribution is 0.103. The van der Waals surface area contributed by atoms with Crippen LogP contribution in [0.3, 0.4) is 0 Å². The van der Waals surface area contributed by atoms with Gasteiger partial charge in [-0.1, -0.05) is 0 Å². The fourth-order valence-electron chi connectivity index (χ4n) is 1.82. The van der Waals surface area contributed by atoms with E-state index in [1.165, 1.54) is 28.2 Å². The average Bonchev–Trinajstić information content (AvgIpc) is 3.19. The fraction of sp³-hybridized carbons (Fsp3) is 0.0667. The maximum absolute atomic E-state index is 12.2. The molecule has 0 fully saturated rings. The number of hydrogen-bond acceptors (Lipinski definition) is 5. The normalized spacial score (nSPS) is 13.0. The first-order valence-corrected chi connectivity index (χ1v) is 7.90. The molecule has 0 aliphatic heterocycles. The molecule has 3 aromatic heterocycles. The molecule has 0 bridgehead atoms. The Morgan fingerprint density at radius 3 is 2.90 bits per heavy atom. The second-order valence-corrected chi connectivity index (χ2v) is 6.20. The van der Waals surface area contributed by atoms with Crippen LogP contribution in [0.25, 0.3) is 12.2 Å². The summed E-state index contributed by atoms with van der Waals surface area (Å²) >= 11 is 2.87. The first-order valence-electron chi connectivity index (χ1n) is 6.14. The summed E-state index contributed by atoms with van der Waals surface area (Å²) in [6.45, 7) is 0. The number of aromatic nitrogens is 1. The molecule has 4 nitrogen and oxygen atoms in total. The summed E-state index contributed by atoms with van der Waals surface area (Å²) in [5, 5.41) is 3.92. The number of thiazole rings is 1. The van der Waals surface area contributed by atoms with Crippen LogP contribution in [0.1, 0.15) is 16.1 Å². The van der Waals surface area contributed by atoms with Crippen LogP contribution in [0, 0.1) is 0 Å². The van der Waals surface area contributed by atoms with Gasteiger partial charge < -0.3 is 8.98 Å². The van der Waals surface area contributed by atoms with Crippen LogP contribution in [0.5, 0.6) is 0 Å². The van der Waals surface area contributed by atoms with Gasteiger partial charge in [-0.25, -0.2) is 0 Å². The second kappa shape index (κ2) is 5.67. The molecule has 0 aliphatic carbocycles. The first-order chi connectivity index (χ1) is 10.1. The zero-order valence-corrected chi connectivity index (χ0v) is 12.7. The number of thiophene rings is 1. The monoisotopic (exact) mass is 317 g/mol. The SMILES string of the molecule is Cn1c(=O)/c(=C/c2ccsc2)s/c1=C\C(=O)c1ccco1. The quantitative estimate of drug-likeness (QED) is 0.689. The molecule has 0 spiro atoms. The minimum absolute atomic E-state index is 0.107. The van der Waals surface area contributed by atoms with Crippen molar-refractivity contribution in [2.75, 3.05) is 0 Å². The van der Waals surface area contributed by atoms with Gasteiger partial charge in [-0.2, -0.15) is 11.3 Å². The van der Waals surface area contributed by atoms with Crippen molar-refractivity contribution in [2.45, 2.75) is 0 Å². The maximum atomic E-state index is 12.2. The van der Waals surface area contributed by atoms with Gasteiger partial charge in [0.05, 0.1) is 10.8 Å². The summed E-state index contributed by atoms with van der Waals surface area (Å²) in [7, 11) is 1.66. The van der Waals surface area contributed by atoms with Gasteiger partial charge in [-0.3, -0.25) is 9.59 Å². The number of ketones is 1. The summed E-state index contributed by atoms with van der Waals surface area (Å²) in [5.41, 5.74) is 0.882. The topological polar surface area (TPSA) is 52.2 Å². The van der Waals surface area contributed by atoms with Gasteiger partial charge >= 0.3 is 0 Å². The van der Waals surface area contributed by atoms with Crippen molar-refractivity contribution in [3.8, 4) is 0 Å². The lowest BCUT2D eigenvalue weighted by Crippen LogP contribution is -2.29. The molecule has 0 amide bonds. The van der Waals surface area contributed by atoms with E-state index < -0.39 is 0 Å². The van der Waals surface area contributed by atoms with Crippen molar-refractivity contribution in [3.63, 3.8) is 0 Å². The molecule has 3 rings (SSSR count). The number of Topliss-reactive ketones (excluding diaryl/α,β-unsaturated/α-hetero) is 1. The molecule has 106 valence electrons. The van der Waals surface area contributed by atoms with Crippen molar-refractivity contribution < 1.29 is 9.21 Å². The van der Waals surface area contributed by atoms with Gasteiger partial charge in [-0.15, -0.1) is 11.3 Å². The Morgan fingerprint density at radius 1 is 1.38 bits per heavy atom. The van der Waals surface area contributed by atoms with E-state index in [-0.39, 0.29) is 17.1 Å².